The van der Waals surface area contributed by atoms with E-state index in [2.05, 4.69) is 77.0 Å². The summed E-state index contributed by atoms with van der Waals surface area (Å²) in [6, 6.07) is 9.43. The van der Waals surface area contributed by atoms with E-state index in [1.807, 2.05) is 29.6 Å². The number of hydrogen-bond acceptors (Lipinski definition) is 7. The summed E-state index contributed by atoms with van der Waals surface area (Å²) in [7, 11) is 4.05. The third-order valence-corrected chi connectivity index (χ3v) is 7.44. The fraction of sp³-hybridized carbons (Fsp3) is 0.552. The normalized spacial score (nSPS) is 14.7. The molecule has 0 atom stereocenters. The van der Waals surface area contributed by atoms with Crippen molar-refractivity contribution in [2.45, 2.75) is 46.2 Å². The van der Waals surface area contributed by atoms with Gasteiger partial charge in [0.1, 0.15) is 11.5 Å². The summed E-state index contributed by atoms with van der Waals surface area (Å²) in [4.78, 5) is 31.3. The largest absolute Gasteiger partial charge is 0.378 e. The smallest absolute Gasteiger partial charge is 0.242 e. The van der Waals surface area contributed by atoms with Crippen LogP contribution in [-0.4, -0.2) is 107 Å². The van der Waals surface area contributed by atoms with Crippen LogP contribution in [0.2, 0.25) is 0 Å². The molecule has 2 aromatic heterocycles. The fourth-order valence-electron chi connectivity index (χ4n) is 5.28. The zero-order valence-corrected chi connectivity index (χ0v) is 23.9. The summed E-state index contributed by atoms with van der Waals surface area (Å²) in [5.74, 6) is 0.931. The first kappa shape index (κ1) is 27.9. The van der Waals surface area contributed by atoms with Crippen molar-refractivity contribution in [3.8, 4) is 11.3 Å². The predicted octanol–water partition coefficient (Wildman–Crippen LogP) is 3.53. The molecule has 0 radical (unpaired) electrons. The van der Waals surface area contributed by atoms with E-state index < -0.39 is 0 Å². The number of benzene rings is 1. The van der Waals surface area contributed by atoms with Crippen LogP contribution in [0.5, 0.6) is 0 Å². The second kappa shape index (κ2) is 12.6. The van der Waals surface area contributed by atoms with Gasteiger partial charge in [-0.2, -0.15) is 0 Å². The second-order valence-corrected chi connectivity index (χ2v) is 10.9. The van der Waals surface area contributed by atoms with Gasteiger partial charge in [-0.3, -0.25) is 24.0 Å². The van der Waals surface area contributed by atoms with Gasteiger partial charge in [0.2, 0.25) is 5.91 Å². The molecule has 9 nitrogen and oxygen atoms in total. The molecule has 1 N–H and O–H groups in total. The Morgan fingerprint density at radius 3 is 2.34 bits per heavy atom. The lowest BCUT2D eigenvalue weighted by Crippen LogP contribution is -2.50. The van der Waals surface area contributed by atoms with Crippen molar-refractivity contribution in [2.24, 2.45) is 0 Å². The molecule has 38 heavy (non-hydrogen) atoms. The number of carbonyl (C=O) groups is 1. The molecule has 1 fully saturated rings. The van der Waals surface area contributed by atoms with Crippen molar-refractivity contribution >= 4 is 23.1 Å². The van der Waals surface area contributed by atoms with Crippen LogP contribution in [0.25, 0.3) is 16.9 Å². The summed E-state index contributed by atoms with van der Waals surface area (Å²) < 4.78 is 1.96. The van der Waals surface area contributed by atoms with Crippen LogP contribution < -0.4 is 10.2 Å². The monoisotopic (exact) mass is 520 g/mol. The zero-order chi connectivity index (χ0) is 27.2. The minimum Gasteiger partial charge on any atom is -0.378 e. The number of nitrogens with one attached hydrogen (secondary N) is 1. The zero-order valence-electron chi connectivity index (χ0n) is 23.9. The molecule has 0 aliphatic carbocycles. The molecule has 3 aromatic rings. The van der Waals surface area contributed by atoms with E-state index in [0.29, 0.717) is 12.1 Å². The fourth-order valence-corrected chi connectivity index (χ4v) is 5.28. The van der Waals surface area contributed by atoms with Crippen LogP contribution in [0, 0.1) is 0 Å². The number of imidazole rings is 1. The third kappa shape index (κ3) is 6.63. The van der Waals surface area contributed by atoms with Gasteiger partial charge in [0, 0.05) is 76.0 Å². The van der Waals surface area contributed by atoms with Gasteiger partial charge in [0.15, 0.2) is 5.65 Å². The summed E-state index contributed by atoms with van der Waals surface area (Å²) >= 11 is 0. The summed E-state index contributed by atoms with van der Waals surface area (Å²) in [6.45, 7) is 14.9. The first-order valence-corrected chi connectivity index (χ1v) is 13.8. The van der Waals surface area contributed by atoms with E-state index in [9.17, 15) is 4.79 Å². The van der Waals surface area contributed by atoms with Gasteiger partial charge in [-0.05, 0) is 59.3 Å². The highest BCUT2D eigenvalue weighted by Crippen LogP contribution is 2.29. The Kier molecular flexibility index (Phi) is 9.22. The predicted molar refractivity (Wildman–Crippen MR) is 156 cm³/mol. The van der Waals surface area contributed by atoms with Gasteiger partial charge in [0.05, 0.1) is 12.7 Å². The number of fused-ring (bicyclic) bond motifs is 1. The lowest BCUT2D eigenvalue weighted by atomic mass is 10.1. The van der Waals surface area contributed by atoms with Crippen molar-refractivity contribution < 1.29 is 4.79 Å². The van der Waals surface area contributed by atoms with E-state index in [4.69, 9.17) is 4.98 Å². The van der Waals surface area contributed by atoms with E-state index in [0.717, 1.165) is 74.1 Å². The van der Waals surface area contributed by atoms with Crippen molar-refractivity contribution in [1.82, 2.24) is 29.1 Å². The maximum Gasteiger partial charge on any atom is 0.242 e. The standard InChI is InChI=1S/C29H44N8O/c1-22(2)36(23(3)4)14-7-13-34-16-18-35(19-17-34)27(38)21-31-29-28(32-26-20-30-12-15-37(26)29)24-8-10-25(11-9-24)33(5)6/h8-12,15,20,22-23,31H,7,13-14,16-19,21H2,1-6H3. The Hall–Kier alpha value is -3.17. The van der Waals surface area contributed by atoms with Crippen molar-refractivity contribution in [3.63, 3.8) is 0 Å². The maximum absolute atomic E-state index is 13.1. The lowest BCUT2D eigenvalue weighted by molar-refractivity contribution is -0.131. The quantitative estimate of drug-likeness (QED) is 0.415. The summed E-state index contributed by atoms with van der Waals surface area (Å²) in [5.41, 5.74) is 3.69. The van der Waals surface area contributed by atoms with Crippen LogP contribution in [-0.2, 0) is 4.79 Å². The van der Waals surface area contributed by atoms with Gasteiger partial charge >= 0.3 is 0 Å². The average Bonchev–Trinajstić information content (AvgIpc) is 3.28. The highest BCUT2D eigenvalue weighted by atomic mass is 16.2. The minimum absolute atomic E-state index is 0.119. The Bertz CT molecular complexity index is 1170. The first-order chi connectivity index (χ1) is 18.2. The lowest BCUT2D eigenvalue weighted by Gasteiger charge is -2.36. The number of piperazine rings is 1. The van der Waals surface area contributed by atoms with Gasteiger partial charge in [-0.1, -0.05) is 12.1 Å². The van der Waals surface area contributed by atoms with E-state index in [-0.39, 0.29) is 12.5 Å². The molecule has 1 aliphatic heterocycles. The average molecular weight is 521 g/mol. The third-order valence-electron chi connectivity index (χ3n) is 7.44. The number of nitrogens with zero attached hydrogens (tertiary/aromatic N) is 7. The van der Waals surface area contributed by atoms with Crippen molar-refractivity contribution in [2.75, 3.05) is 70.1 Å². The molecule has 206 valence electrons. The van der Waals surface area contributed by atoms with Crippen LogP contribution in [0.15, 0.2) is 42.9 Å². The molecule has 0 saturated carbocycles. The van der Waals surface area contributed by atoms with E-state index in [1.54, 1.807) is 12.4 Å². The SMILES string of the molecule is CC(C)N(CCCN1CCN(C(=O)CNc2c(-c3ccc(N(C)C)cc3)nc3cnccn23)CC1)C(C)C. The number of rotatable bonds is 11. The summed E-state index contributed by atoms with van der Waals surface area (Å²) in [5, 5.41) is 3.40. The maximum atomic E-state index is 13.1. The molecule has 4 rings (SSSR count). The van der Waals surface area contributed by atoms with E-state index >= 15 is 0 Å². The Morgan fingerprint density at radius 2 is 1.71 bits per heavy atom. The van der Waals surface area contributed by atoms with Crippen molar-refractivity contribution in [3.05, 3.63) is 42.9 Å². The number of hydrogen-bond donors (Lipinski definition) is 1. The highest BCUT2D eigenvalue weighted by Gasteiger charge is 2.22. The van der Waals surface area contributed by atoms with Gasteiger partial charge < -0.3 is 15.1 Å². The Morgan fingerprint density at radius 1 is 1.03 bits per heavy atom. The highest BCUT2D eigenvalue weighted by molar-refractivity contribution is 5.84. The van der Waals surface area contributed by atoms with Crippen LogP contribution in [0.4, 0.5) is 11.5 Å². The topological polar surface area (TPSA) is 72.2 Å². The number of aromatic nitrogens is 3. The Labute approximate surface area is 227 Å². The van der Waals surface area contributed by atoms with Gasteiger partial charge in [0.25, 0.3) is 0 Å². The Balaban J connectivity index is 1.34. The van der Waals surface area contributed by atoms with Gasteiger partial charge in [-0.15, -0.1) is 0 Å². The number of amides is 1. The van der Waals surface area contributed by atoms with Gasteiger partial charge in [-0.25, -0.2) is 4.98 Å². The number of anilines is 2. The molecule has 1 aromatic carbocycles. The number of carbonyl (C=O) groups excluding carboxylic acids is 1. The van der Waals surface area contributed by atoms with Crippen LogP contribution in [0.1, 0.15) is 34.1 Å². The molecule has 0 bridgehead atoms. The molecular formula is C29H44N8O. The molecule has 0 spiro atoms. The molecule has 9 heteroatoms. The van der Waals surface area contributed by atoms with Crippen LogP contribution in [0.3, 0.4) is 0 Å². The molecule has 1 aliphatic rings. The first-order valence-electron chi connectivity index (χ1n) is 13.8. The van der Waals surface area contributed by atoms with E-state index in [1.165, 1.54) is 0 Å². The second-order valence-electron chi connectivity index (χ2n) is 10.9. The minimum atomic E-state index is 0.119. The molecule has 3 heterocycles. The molecular weight excluding hydrogens is 476 g/mol. The van der Waals surface area contributed by atoms with Crippen molar-refractivity contribution in [1.29, 1.82) is 0 Å². The molecule has 1 amide bonds. The summed E-state index contributed by atoms with van der Waals surface area (Å²) in [6.07, 6.45) is 6.52. The molecule has 1 saturated heterocycles. The molecule has 0 unspecified atom stereocenters. The van der Waals surface area contributed by atoms with Crippen LogP contribution >= 0.6 is 0 Å².